The molecule has 0 N–H and O–H groups in total. The molecule has 4 nitrogen and oxygen atoms in total. The van der Waals surface area contributed by atoms with Crippen molar-refractivity contribution in [2.75, 3.05) is 0 Å². The summed E-state index contributed by atoms with van der Waals surface area (Å²) in [6, 6.07) is 73.1. The highest BCUT2D eigenvalue weighted by atomic mass is 32.1. The van der Waals surface area contributed by atoms with E-state index in [4.69, 9.17) is 15.0 Å². The normalized spacial score (nSPS) is 11.7. The summed E-state index contributed by atoms with van der Waals surface area (Å²) in [6.45, 7) is 0. The summed E-state index contributed by atoms with van der Waals surface area (Å²) in [6.07, 6.45) is 0. The van der Waals surface area contributed by atoms with Gasteiger partial charge in [0.2, 0.25) is 0 Å². The topological polar surface area (TPSA) is 43.6 Å². The summed E-state index contributed by atoms with van der Waals surface area (Å²) in [5, 5.41) is 5.98. The second-order valence-electron chi connectivity index (χ2n) is 15.2. The second kappa shape index (κ2) is 14.0. The van der Waals surface area contributed by atoms with Crippen LogP contribution in [0.2, 0.25) is 0 Å². The molecule has 0 aliphatic carbocycles. The van der Waals surface area contributed by atoms with Gasteiger partial charge in [-0.2, -0.15) is 0 Å². The molecule has 4 heterocycles. The number of rotatable bonds is 6. The Morgan fingerprint density at radius 3 is 1.62 bits per heavy atom. The van der Waals surface area contributed by atoms with Crippen LogP contribution in [0.25, 0.3) is 115 Å². The van der Waals surface area contributed by atoms with E-state index in [1.165, 1.54) is 41.9 Å². The molecule has 0 fully saturated rings. The summed E-state index contributed by atoms with van der Waals surface area (Å²) in [5.41, 5.74) is 13.3. The monoisotopic (exact) mass is 782 g/mol. The van der Waals surface area contributed by atoms with Crippen LogP contribution in [0.5, 0.6) is 0 Å². The predicted octanol–water partition coefficient (Wildman–Crippen LogP) is 14.8. The Hall–Kier alpha value is -7.73. The SMILES string of the molecule is c1ccc(-c2ccc(-c3cc(-c4cc(-c5nc6ccccc6c6sc7ccccc7c56)cc(-n5c6ccccc6c6ccccc65)c4)nc(-c4ccccc4)n3)cc2)cc1. The molecule has 4 aromatic heterocycles. The zero-order chi connectivity index (χ0) is 39.6. The average molecular weight is 783 g/mol. The Kier molecular flexibility index (Phi) is 8.00. The van der Waals surface area contributed by atoms with E-state index in [0.717, 1.165) is 67.1 Å². The Labute approximate surface area is 350 Å². The van der Waals surface area contributed by atoms with Gasteiger partial charge in [-0.05, 0) is 59.7 Å². The lowest BCUT2D eigenvalue weighted by Crippen LogP contribution is -1.99. The zero-order valence-electron chi connectivity index (χ0n) is 32.3. The first-order valence-corrected chi connectivity index (χ1v) is 21.0. The first-order valence-electron chi connectivity index (χ1n) is 20.2. The van der Waals surface area contributed by atoms with E-state index in [1.807, 2.05) is 35.6 Å². The Morgan fingerprint density at radius 1 is 0.367 bits per heavy atom. The summed E-state index contributed by atoms with van der Waals surface area (Å²) < 4.78 is 4.89. The number of hydrogen-bond donors (Lipinski definition) is 0. The van der Waals surface area contributed by atoms with Gasteiger partial charge in [-0.3, -0.25) is 0 Å². The van der Waals surface area contributed by atoms with Crippen LogP contribution in [0.3, 0.4) is 0 Å². The van der Waals surface area contributed by atoms with Crippen LogP contribution >= 0.6 is 11.3 Å². The second-order valence-corrected chi connectivity index (χ2v) is 16.2. The molecule has 0 bridgehead atoms. The molecule has 0 saturated heterocycles. The fourth-order valence-electron chi connectivity index (χ4n) is 8.77. The molecule has 0 spiro atoms. The number of nitrogens with zero attached hydrogens (tertiary/aromatic N) is 4. The Bertz CT molecular complexity index is 3530. The summed E-state index contributed by atoms with van der Waals surface area (Å²) >= 11 is 1.84. The van der Waals surface area contributed by atoms with E-state index in [9.17, 15) is 0 Å². The molecule has 0 aliphatic rings. The molecule has 60 heavy (non-hydrogen) atoms. The summed E-state index contributed by atoms with van der Waals surface area (Å²) in [7, 11) is 0. The van der Waals surface area contributed by atoms with Gasteiger partial charge >= 0.3 is 0 Å². The smallest absolute Gasteiger partial charge is 0.160 e. The van der Waals surface area contributed by atoms with Crippen LogP contribution < -0.4 is 0 Å². The number of benzene rings is 8. The number of aromatic nitrogens is 4. The van der Waals surface area contributed by atoms with Gasteiger partial charge in [-0.25, -0.2) is 15.0 Å². The maximum Gasteiger partial charge on any atom is 0.160 e. The number of para-hydroxylation sites is 3. The van der Waals surface area contributed by atoms with Crippen molar-refractivity contribution in [3.63, 3.8) is 0 Å². The lowest BCUT2D eigenvalue weighted by molar-refractivity contribution is 1.16. The molecule has 12 rings (SSSR count). The number of fused-ring (bicyclic) bond motifs is 8. The van der Waals surface area contributed by atoms with Crippen molar-refractivity contribution >= 4 is 64.2 Å². The van der Waals surface area contributed by atoms with E-state index < -0.39 is 0 Å². The van der Waals surface area contributed by atoms with E-state index in [1.54, 1.807) is 0 Å². The third kappa shape index (κ3) is 5.70. The van der Waals surface area contributed by atoms with Gasteiger partial charge in [0.25, 0.3) is 0 Å². The maximum absolute atomic E-state index is 5.51. The quantitative estimate of drug-likeness (QED) is 0.169. The minimum absolute atomic E-state index is 0.675. The molecule has 8 aromatic carbocycles. The molecule has 0 unspecified atom stereocenters. The van der Waals surface area contributed by atoms with Gasteiger partial charge in [0, 0.05) is 64.3 Å². The van der Waals surface area contributed by atoms with E-state index in [2.05, 4.69) is 187 Å². The average Bonchev–Trinajstić information content (AvgIpc) is 3.89. The van der Waals surface area contributed by atoms with Gasteiger partial charge in [-0.1, -0.05) is 158 Å². The number of hydrogen-bond acceptors (Lipinski definition) is 4. The number of pyridine rings is 1. The minimum atomic E-state index is 0.675. The minimum Gasteiger partial charge on any atom is -0.309 e. The van der Waals surface area contributed by atoms with Crippen LogP contribution in [0.1, 0.15) is 0 Å². The van der Waals surface area contributed by atoms with Crippen molar-refractivity contribution < 1.29 is 0 Å². The third-order valence-corrected chi connectivity index (χ3v) is 12.8. The molecule has 0 atom stereocenters. The molecule has 0 radical (unpaired) electrons. The number of thiophene rings is 1. The largest absolute Gasteiger partial charge is 0.309 e. The first kappa shape index (κ1) is 34.3. The molecule has 0 saturated carbocycles. The highest BCUT2D eigenvalue weighted by Crippen LogP contribution is 2.44. The van der Waals surface area contributed by atoms with Crippen molar-refractivity contribution in [2.24, 2.45) is 0 Å². The molecule has 5 heteroatoms. The van der Waals surface area contributed by atoms with Gasteiger partial charge in [0.05, 0.1) is 33.6 Å². The van der Waals surface area contributed by atoms with Gasteiger partial charge in [0.1, 0.15) is 0 Å². The zero-order valence-corrected chi connectivity index (χ0v) is 33.1. The van der Waals surface area contributed by atoms with Crippen molar-refractivity contribution in [2.45, 2.75) is 0 Å². The lowest BCUT2D eigenvalue weighted by Gasteiger charge is -2.16. The van der Waals surface area contributed by atoms with Crippen LogP contribution in [-0.2, 0) is 0 Å². The molecule has 0 aliphatic heterocycles. The maximum atomic E-state index is 5.51. The fourth-order valence-corrected chi connectivity index (χ4v) is 10.0. The molecule has 0 amide bonds. The first-order chi connectivity index (χ1) is 29.7. The fraction of sp³-hybridized carbons (Fsp3) is 0. The van der Waals surface area contributed by atoms with Crippen molar-refractivity contribution in [3.8, 4) is 62.0 Å². The van der Waals surface area contributed by atoms with Crippen LogP contribution in [0.15, 0.2) is 206 Å². The highest BCUT2D eigenvalue weighted by molar-refractivity contribution is 7.26. The Morgan fingerprint density at radius 2 is 0.900 bits per heavy atom. The van der Waals surface area contributed by atoms with E-state index in [-0.39, 0.29) is 0 Å². The van der Waals surface area contributed by atoms with E-state index in [0.29, 0.717) is 5.82 Å². The predicted molar refractivity (Wildman–Crippen MR) is 252 cm³/mol. The van der Waals surface area contributed by atoms with Crippen LogP contribution in [-0.4, -0.2) is 19.5 Å². The summed E-state index contributed by atoms with van der Waals surface area (Å²) in [5.74, 6) is 0.675. The van der Waals surface area contributed by atoms with Crippen molar-refractivity contribution in [1.82, 2.24) is 19.5 Å². The van der Waals surface area contributed by atoms with Gasteiger partial charge in [-0.15, -0.1) is 11.3 Å². The molecular formula is C55H34N4S. The third-order valence-electron chi connectivity index (χ3n) is 11.6. The van der Waals surface area contributed by atoms with Crippen molar-refractivity contribution in [3.05, 3.63) is 206 Å². The molecular weight excluding hydrogens is 749 g/mol. The van der Waals surface area contributed by atoms with Gasteiger partial charge < -0.3 is 4.57 Å². The molecule has 280 valence electrons. The standard InChI is InChI=1S/C55H34N4S/c1-3-15-35(16-4-1)36-27-29-37(30-28-36)47-34-48(58-55(57-47)38-17-5-2-6-18-38)39-31-40(33-41(32-39)59-49-24-12-8-19-42(49)43-20-9-13-25-50(43)59)53-52-45-22-10-14-26-51(45)60-54(52)44-21-7-11-23-46(44)56-53/h1-34H. The van der Waals surface area contributed by atoms with Crippen LogP contribution in [0.4, 0.5) is 0 Å². The van der Waals surface area contributed by atoms with Crippen LogP contribution in [0, 0.1) is 0 Å². The van der Waals surface area contributed by atoms with Crippen molar-refractivity contribution in [1.29, 1.82) is 0 Å². The lowest BCUT2D eigenvalue weighted by atomic mass is 9.98. The van der Waals surface area contributed by atoms with Gasteiger partial charge in [0.15, 0.2) is 5.82 Å². The summed E-state index contributed by atoms with van der Waals surface area (Å²) in [4.78, 5) is 16.1. The van der Waals surface area contributed by atoms with E-state index >= 15 is 0 Å². The Balaban J connectivity index is 1.15. The molecule has 12 aromatic rings. The highest BCUT2D eigenvalue weighted by Gasteiger charge is 2.21.